The molecule has 2 N–H and O–H groups in total. The molecule has 1 atom stereocenters. The predicted molar refractivity (Wildman–Crippen MR) is 91.1 cm³/mol. The standard InChI is InChI=1S/C17H24N2S/c1-3-5-7-13(4-2)12-19-11-10-14-15(17(18)20)8-6-9-16(14)19/h6,8-11,13H,3-5,7,12H2,1-2H3,(H2,18,20). The SMILES string of the molecule is CCCCC(CC)Cn1ccc2c(C(N)=S)cccc21. The topological polar surface area (TPSA) is 30.9 Å². The summed E-state index contributed by atoms with van der Waals surface area (Å²) in [7, 11) is 0. The number of aromatic nitrogens is 1. The Morgan fingerprint density at radius 2 is 2.10 bits per heavy atom. The first-order chi connectivity index (χ1) is 9.67. The molecule has 0 amide bonds. The van der Waals surface area contributed by atoms with Gasteiger partial charge >= 0.3 is 0 Å². The molecule has 1 aromatic heterocycles. The number of benzene rings is 1. The summed E-state index contributed by atoms with van der Waals surface area (Å²) < 4.78 is 2.35. The third-order valence-corrected chi connectivity index (χ3v) is 4.30. The lowest BCUT2D eigenvalue weighted by atomic mass is 9.99. The summed E-state index contributed by atoms with van der Waals surface area (Å²) in [4.78, 5) is 0.478. The summed E-state index contributed by atoms with van der Waals surface area (Å²) in [6.45, 7) is 5.62. The van der Waals surface area contributed by atoms with E-state index in [1.807, 2.05) is 12.1 Å². The van der Waals surface area contributed by atoms with Gasteiger partial charge in [0.05, 0.1) is 0 Å². The van der Waals surface area contributed by atoms with Gasteiger partial charge in [-0.2, -0.15) is 0 Å². The van der Waals surface area contributed by atoms with Crippen molar-refractivity contribution in [3.8, 4) is 0 Å². The number of nitrogens with zero attached hydrogens (tertiary/aromatic N) is 1. The molecule has 0 aliphatic carbocycles. The van der Waals surface area contributed by atoms with Crippen molar-refractivity contribution in [2.45, 2.75) is 46.1 Å². The molecule has 0 aliphatic rings. The first-order valence-corrected chi connectivity index (χ1v) is 7.95. The van der Waals surface area contributed by atoms with E-state index in [-0.39, 0.29) is 0 Å². The van der Waals surface area contributed by atoms with Crippen LogP contribution in [0.5, 0.6) is 0 Å². The second-order valence-electron chi connectivity index (χ2n) is 5.49. The van der Waals surface area contributed by atoms with Gasteiger partial charge in [-0.15, -0.1) is 0 Å². The Morgan fingerprint density at radius 3 is 2.75 bits per heavy atom. The van der Waals surface area contributed by atoms with Crippen molar-refractivity contribution in [1.82, 2.24) is 4.57 Å². The van der Waals surface area contributed by atoms with Crippen LogP contribution in [-0.2, 0) is 6.54 Å². The van der Waals surface area contributed by atoms with E-state index in [4.69, 9.17) is 18.0 Å². The molecule has 0 saturated heterocycles. The second-order valence-corrected chi connectivity index (χ2v) is 5.93. The van der Waals surface area contributed by atoms with Crippen LogP contribution in [0.1, 0.15) is 45.1 Å². The van der Waals surface area contributed by atoms with Crippen molar-refractivity contribution in [1.29, 1.82) is 0 Å². The first kappa shape index (κ1) is 15.0. The zero-order valence-corrected chi connectivity index (χ0v) is 13.2. The minimum Gasteiger partial charge on any atom is -0.389 e. The van der Waals surface area contributed by atoms with Crippen LogP contribution in [0.4, 0.5) is 0 Å². The summed E-state index contributed by atoms with van der Waals surface area (Å²) in [6.07, 6.45) is 7.29. The minimum absolute atomic E-state index is 0.478. The number of unbranched alkanes of at least 4 members (excludes halogenated alkanes) is 1. The lowest BCUT2D eigenvalue weighted by Crippen LogP contribution is -2.11. The van der Waals surface area contributed by atoms with Gasteiger partial charge < -0.3 is 10.3 Å². The monoisotopic (exact) mass is 288 g/mol. The maximum Gasteiger partial charge on any atom is 0.104 e. The van der Waals surface area contributed by atoms with Crippen LogP contribution in [0.3, 0.4) is 0 Å². The molecule has 0 saturated carbocycles. The third-order valence-electron chi connectivity index (χ3n) is 4.08. The zero-order valence-electron chi connectivity index (χ0n) is 12.4. The van der Waals surface area contributed by atoms with Crippen LogP contribution in [-0.4, -0.2) is 9.56 Å². The molecule has 0 bridgehead atoms. The fourth-order valence-corrected chi connectivity index (χ4v) is 2.97. The summed E-state index contributed by atoms with van der Waals surface area (Å²) in [6, 6.07) is 8.34. The molecule has 0 fully saturated rings. The molecule has 20 heavy (non-hydrogen) atoms. The average Bonchev–Trinajstić information content (AvgIpc) is 2.86. The molecule has 2 aromatic rings. The smallest absolute Gasteiger partial charge is 0.104 e. The Kier molecular flexibility index (Phi) is 5.18. The molecule has 1 heterocycles. The number of nitrogens with two attached hydrogens (primary N) is 1. The van der Waals surface area contributed by atoms with Crippen molar-refractivity contribution >= 4 is 28.1 Å². The second kappa shape index (κ2) is 6.89. The summed E-state index contributed by atoms with van der Waals surface area (Å²) in [5, 5.41) is 1.17. The Labute approximate surface area is 127 Å². The maximum atomic E-state index is 5.80. The van der Waals surface area contributed by atoms with Gasteiger partial charge in [0.2, 0.25) is 0 Å². The zero-order chi connectivity index (χ0) is 14.5. The quantitative estimate of drug-likeness (QED) is 0.761. The number of hydrogen-bond acceptors (Lipinski definition) is 1. The van der Waals surface area contributed by atoms with Crippen molar-refractivity contribution in [2.24, 2.45) is 11.7 Å². The highest BCUT2D eigenvalue weighted by atomic mass is 32.1. The van der Waals surface area contributed by atoms with Crippen molar-refractivity contribution in [3.63, 3.8) is 0 Å². The number of fused-ring (bicyclic) bond motifs is 1. The van der Waals surface area contributed by atoms with Gasteiger partial charge in [0.15, 0.2) is 0 Å². The van der Waals surface area contributed by atoms with E-state index in [9.17, 15) is 0 Å². The van der Waals surface area contributed by atoms with E-state index in [2.05, 4.69) is 36.7 Å². The molecule has 0 aliphatic heterocycles. The Morgan fingerprint density at radius 1 is 1.30 bits per heavy atom. The van der Waals surface area contributed by atoms with Gasteiger partial charge in [0.1, 0.15) is 4.99 Å². The maximum absolute atomic E-state index is 5.80. The molecule has 0 spiro atoms. The van der Waals surface area contributed by atoms with E-state index in [0.29, 0.717) is 4.99 Å². The molecule has 2 rings (SSSR count). The predicted octanol–water partition coefficient (Wildman–Crippen LogP) is 4.49. The number of hydrogen-bond donors (Lipinski definition) is 1. The molecular weight excluding hydrogens is 264 g/mol. The number of rotatable bonds is 7. The van der Waals surface area contributed by atoms with Crippen LogP contribution in [0.25, 0.3) is 10.9 Å². The van der Waals surface area contributed by atoms with Crippen molar-refractivity contribution < 1.29 is 0 Å². The Balaban J connectivity index is 2.27. The number of thiocarbonyl (C=S) groups is 1. The highest BCUT2D eigenvalue weighted by molar-refractivity contribution is 7.80. The Bertz CT molecular complexity index is 586. The normalized spacial score (nSPS) is 12.7. The first-order valence-electron chi connectivity index (χ1n) is 7.55. The van der Waals surface area contributed by atoms with E-state index in [1.165, 1.54) is 36.6 Å². The van der Waals surface area contributed by atoms with Gasteiger partial charge in [0.25, 0.3) is 0 Å². The largest absolute Gasteiger partial charge is 0.389 e. The molecule has 1 aromatic carbocycles. The molecule has 0 radical (unpaired) electrons. The molecule has 108 valence electrons. The molecule has 1 unspecified atom stereocenters. The van der Waals surface area contributed by atoms with Crippen molar-refractivity contribution in [2.75, 3.05) is 0 Å². The third kappa shape index (κ3) is 3.21. The molecular formula is C17H24N2S. The highest BCUT2D eigenvalue weighted by Gasteiger charge is 2.11. The molecule has 2 nitrogen and oxygen atoms in total. The van der Waals surface area contributed by atoms with Crippen LogP contribution < -0.4 is 5.73 Å². The van der Waals surface area contributed by atoms with Crippen LogP contribution in [0.2, 0.25) is 0 Å². The average molecular weight is 288 g/mol. The van der Waals surface area contributed by atoms with Crippen molar-refractivity contribution in [3.05, 3.63) is 36.0 Å². The van der Waals surface area contributed by atoms with Gasteiger partial charge in [0, 0.05) is 29.2 Å². The summed E-state index contributed by atoms with van der Waals surface area (Å²) >= 11 is 5.14. The fourth-order valence-electron chi connectivity index (χ4n) is 2.79. The van der Waals surface area contributed by atoms with Gasteiger partial charge in [-0.25, -0.2) is 0 Å². The summed E-state index contributed by atoms with van der Waals surface area (Å²) in [5.41, 5.74) is 8.03. The van der Waals surface area contributed by atoms with E-state index >= 15 is 0 Å². The highest BCUT2D eigenvalue weighted by Crippen LogP contribution is 2.23. The van der Waals surface area contributed by atoms with E-state index in [0.717, 1.165) is 18.0 Å². The van der Waals surface area contributed by atoms with Gasteiger partial charge in [-0.05, 0) is 24.5 Å². The van der Waals surface area contributed by atoms with Gasteiger partial charge in [-0.3, -0.25) is 0 Å². The minimum atomic E-state index is 0.478. The van der Waals surface area contributed by atoms with Crippen LogP contribution >= 0.6 is 12.2 Å². The van der Waals surface area contributed by atoms with Gasteiger partial charge in [-0.1, -0.05) is 57.5 Å². The lowest BCUT2D eigenvalue weighted by molar-refractivity contribution is 0.396. The Hall–Kier alpha value is -1.35. The fraction of sp³-hybridized carbons (Fsp3) is 0.471. The van der Waals surface area contributed by atoms with E-state index in [1.54, 1.807) is 0 Å². The van der Waals surface area contributed by atoms with E-state index < -0.39 is 0 Å². The lowest BCUT2D eigenvalue weighted by Gasteiger charge is -2.16. The molecule has 3 heteroatoms. The summed E-state index contributed by atoms with van der Waals surface area (Å²) in [5.74, 6) is 0.749. The van der Waals surface area contributed by atoms with Crippen LogP contribution in [0, 0.1) is 5.92 Å². The van der Waals surface area contributed by atoms with Crippen LogP contribution in [0.15, 0.2) is 30.5 Å².